The van der Waals surface area contributed by atoms with Crippen molar-refractivity contribution in [3.05, 3.63) is 0 Å². The van der Waals surface area contributed by atoms with Gasteiger partial charge in [0, 0.05) is 27.3 Å². The number of quaternary nitrogens is 1. The standard InChI is InChI=1S/C29H64NO3Si.C2H4O2/c1-7-10-11-12-13-14-15-16-17-18-19-20-21-22-23-24-27-30(25-8-2,26-9-3)28-29-34(31-4,32-5)33-6;1-2(3)4/h7-29H2,1-6H3;1H3,(H,3,4)/q+1;/p-1. The third-order valence-electron chi connectivity index (χ3n) is 7.71. The lowest BCUT2D eigenvalue weighted by atomic mass is 10.0. The molecule has 0 aromatic carbocycles. The first-order valence-corrected chi connectivity index (χ1v) is 17.9. The Morgan fingerprint density at radius 1 is 0.553 bits per heavy atom. The molecule has 0 aliphatic carbocycles. The average molecular weight is 562 g/mol. The lowest BCUT2D eigenvalue weighted by molar-refractivity contribution is -0.927. The molecule has 230 valence electrons. The number of nitrogens with zero attached hydrogens (tertiary/aromatic N) is 1. The zero-order valence-corrected chi connectivity index (χ0v) is 27.8. The molecule has 6 nitrogen and oxygen atoms in total. The third kappa shape index (κ3) is 23.4. The summed E-state index contributed by atoms with van der Waals surface area (Å²) >= 11 is 0. The lowest BCUT2D eigenvalue weighted by Gasteiger charge is -2.40. The molecule has 38 heavy (non-hydrogen) atoms. The Morgan fingerprint density at radius 2 is 0.868 bits per heavy atom. The first-order chi connectivity index (χ1) is 18.3. The Morgan fingerprint density at radius 3 is 1.16 bits per heavy atom. The van der Waals surface area contributed by atoms with Crippen LogP contribution in [0.5, 0.6) is 0 Å². The highest BCUT2D eigenvalue weighted by molar-refractivity contribution is 6.60. The second-order valence-corrected chi connectivity index (χ2v) is 14.2. The molecule has 0 saturated carbocycles. The summed E-state index contributed by atoms with van der Waals surface area (Å²) in [6.45, 7) is 12.8. The molecule has 0 saturated heterocycles. The largest absolute Gasteiger partial charge is 0.550 e. The normalized spacial score (nSPS) is 11.9. The Bertz CT molecular complexity index is 484. The Balaban J connectivity index is 0. The van der Waals surface area contributed by atoms with E-state index in [1.54, 1.807) is 21.3 Å². The van der Waals surface area contributed by atoms with Gasteiger partial charge in [0.25, 0.3) is 0 Å². The number of unbranched alkanes of at least 4 members (excludes halogenated alkanes) is 15. The Hall–Kier alpha value is -0.473. The average Bonchev–Trinajstić information content (AvgIpc) is 2.89. The first kappa shape index (κ1) is 39.7. The minimum absolute atomic E-state index is 0.912. The fourth-order valence-electron chi connectivity index (χ4n) is 5.55. The van der Waals surface area contributed by atoms with Crippen LogP contribution in [0.4, 0.5) is 0 Å². The predicted octanol–water partition coefficient (Wildman–Crippen LogP) is 7.52. The zero-order valence-electron chi connectivity index (χ0n) is 26.8. The number of carbonyl (C=O) groups excluding carboxylic acids is 1. The molecule has 0 aromatic rings. The summed E-state index contributed by atoms with van der Waals surface area (Å²) in [5.41, 5.74) is 0. The highest BCUT2D eigenvalue weighted by Gasteiger charge is 2.41. The van der Waals surface area contributed by atoms with Gasteiger partial charge in [-0.15, -0.1) is 0 Å². The number of hydrogen-bond donors (Lipinski definition) is 0. The van der Waals surface area contributed by atoms with Gasteiger partial charge in [-0.1, -0.05) is 111 Å². The van der Waals surface area contributed by atoms with Crippen molar-refractivity contribution in [2.75, 3.05) is 47.5 Å². The third-order valence-corrected chi connectivity index (χ3v) is 10.4. The molecular weight excluding hydrogens is 494 g/mol. The van der Waals surface area contributed by atoms with Crippen LogP contribution in [0.3, 0.4) is 0 Å². The van der Waals surface area contributed by atoms with Crippen LogP contribution in [-0.2, 0) is 18.1 Å². The highest BCUT2D eigenvalue weighted by atomic mass is 28.4. The summed E-state index contributed by atoms with van der Waals surface area (Å²) in [5.74, 6) is -1.08. The number of aliphatic carboxylic acids is 1. The van der Waals surface area contributed by atoms with Gasteiger partial charge in [0.15, 0.2) is 0 Å². The van der Waals surface area contributed by atoms with Crippen molar-refractivity contribution in [1.82, 2.24) is 0 Å². The molecular formula is C31H67NO5Si. The summed E-state index contributed by atoms with van der Waals surface area (Å²) in [6.07, 6.45) is 25.4. The molecule has 0 aromatic heterocycles. The number of carboxylic acid groups (broad SMARTS) is 1. The van der Waals surface area contributed by atoms with E-state index >= 15 is 0 Å². The highest BCUT2D eigenvalue weighted by Crippen LogP contribution is 2.21. The number of carbonyl (C=O) groups is 1. The van der Waals surface area contributed by atoms with Crippen molar-refractivity contribution in [3.63, 3.8) is 0 Å². The van der Waals surface area contributed by atoms with Gasteiger partial charge in [-0.3, -0.25) is 0 Å². The first-order valence-electron chi connectivity index (χ1n) is 16.0. The van der Waals surface area contributed by atoms with E-state index in [0.717, 1.165) is 19.5 Å². The fourth-order valence-corrected chi connectivity index (χ4v) is 7.41. The van der Waals surface area contributed by atoms with E-state index < -0.39 is 14.8 Å². The molecule has 0 N–H and O–H groups in total. The number of carboxylic acids is 1. The summed E-state index contributed by atoms with van der Waals surface area (Å²) in [5, 5.41) is 8.89. The molecule has 0 aliphatic heterocycles. The summed E-state index contributed by atoms with van der Waals surface area (Å²) in [7, 11) is 2.73. The minimum Gasteiger partial charge on any atom is -0.550 e. The molecule has 0 bridgehead atoms. The fraction of sp³-hybridized carbons (Fsp3) is 0.968. The monoisotopic (exact) mass is 561 g/mol. The molecule has 0 unspecified atom stereocenters. The maximum absolute atomic E-state index is 8.89. The molecule has 0 aliphatic rings. The van der Waals surface area contributed by atoms with Crippen LogP contribution in [-0.4, -0.2) is 66.8 Å². The van der Waals surface area contributed by atoms with E-state index in [0.29, 0.717) is 0 Å². The van der Waals surface area contributed by atoms with E-state index in [4.69, 9.17) is 23.2 Å². The maximum atomic E-state index is 8.89. The van der Waals surface area contributed by atoms with Crippen LogP contribution < -0.4 is 5.11 Å². The van der Waals surface area contributed by atoms with Gasteiger partial charge in [0.05, 0.1) is 32.2 Å². The predicted molar refractivity (Wildman–Crippen MR) is 162 cm³/mol. The smallest absolute Gasteiger partial charge is 0.505 e. The van der Waals surface area contributed by atoms with Crippen LogP contribution in [0.15, 0.2) is 0 Å². The molecule has 7 heteroatoms. The molecule has 0 amide bonds. The van der Waals surface area contributed by atoms with Crippen LogP contribution in [0.2, 0.25) is 6.04 Å². The second-order valence-electron chi connectivity index (χ2n) is 11.1. The van der Waals surface area contributed by atoms with Crippen molar-refractivity contribution in [2.24, 2.45) is 0 Å². The number of hydrogen-bond acceptors (Lipinski definition) is 5. The van der Waals surface area contributed by atoms with Crippen LogP contribution in [0.25, 0.3) is 0 Å². The molecule has 0 rings (SSSR count). The SMILES string of the molecule is CC(=O)[O-].CCCCCCCCCCCCCCCCCC[N+](CCC)(CCC)CC[Si](OC)(OC)OC. The van der Waals surface area contributed by atoms with Gasteiger partial charge in [0.2, 0.25) is 0 Å². The van der Waals surface area contributed by atoms with E-state index in [1.807, 2.05) is 0 Å². The Kier molecular flexibility index (Phi) is 29.3. The van der Waals surface area contributed by atoms with Crippen molar-refractivity contribution in [2.45, 2.75) is 149 Å². The van der Waals surface area contributed by atoms with E-state index in [9.17, 15) is 0 Å². The van der Waals surface area contributed by atoms with E-state index in [1.165, 1.54) is 140 Å². The van der Waals surface area contributed by atoms with Gasteiger partial charge < -0.3 is 27.7 Å². The summed E-state index contributed by atoms with van der Waals surface area (Å²) < 4.78 is 18.3. The molecule has 0 heterocycles. The van der Waals surface area contributed by atoms with Gasteiger partial charge in [-0.05, 0) is 32.6 Å². The summed E-state index contributed by atoms with van der Waals surface area (Å²) in [4.78, 5) is 8.89. The van der Waals surface area contributed by atoms with Crippen molar-refractivity contribution in [1.29, 1.82) is 0 Å². The van der Waals surface area contributed by atoms with Crippen LogP contribution in [0.1, 0.15) is 143 Å². The quantitative estimate of drug-likeness (QED) is 0.0589. The van der Waals surface area contributed by atoms with Crippen LogP contribution in [0, 0.1) is 0 Å². The number of rotatable bonds is 27. The van der Waals surface area contributed by atoms with Crippen molar-refractivity contribution in [3.8, 4) is 0 Å². The van der Waals surface area contributed by atoms with Gasteiger partial charge in [-0.25, -0.2) is 0 Å². The molecule has 0 fully saturated rings. The molecule has 0 radical (unpaired) electrons. The Labute approximate surface area is 239 Å². The topological polar surface area (TPSA) is 67.8 Å². The summed E-state index contributed by atoms with van der Waals surface area (Å²) in [6, 6.07) is 0.912. The van der Waals surface area contributed by atoms with Crippen molar-refractivity contribution >= 4 is 14.8 Å². The molecule has 0 spiro atoms. The van der Waals surface area contributed by atoms with Crippen LogP contribution >= 0.6 is 0 Å². The van der Waals surface area contributed by atoms with Gasteiger partial charge >= 0.3 is 8.80 Å². The van der Waals surface area contributed by atoms with Gasteiger partial charge in [-0.2, -0.15) is 0 Å². The van der Waals surface area contributed by atoms with Crippen molar-refractivity contribution < 1.29 is 27.7 Å². The molecule has 0 atom stereocenters. The lowest BCUT2D eigenvalue weighted by Crippen LogP contribution is -2.54. The van der Waals surface area contributed by atoms with E-state index in [-0.39, 0.29) is 0 Å². The minimum atomic E-state index is -2.49. The zero-order chi connectivity index (χ0) is 29.0. The second kappa shape index (κ2) is 28.1. The maximum Gasteiger partial charge on any atom is 0.505 e. The van der Waals surface area contributed by atoms with E-state index in [2.05, 4.69) is 20.8 Å². The van der Waals surface area contributed by atoms with Gasteiger partial charge in [0.1, 0.15) is 0 Å².